The van der Waals surface area contributed by atoms with Gasteiger partial charge in [0, 0.05) is 31.1 Å². The van der Waals surface area contributed by atoms with Crippen LogP contribution in [0.25, 0.3) is 0 Å². The molecule has 1 fully saturated rings. The lowest BCUT2D eigenvalue weighted by Crippen LogP contribution is -2.54. The Balaban J connectivity index is 2.67. The summed E-state index contributed by atoms with van der Waals surface area (Å²) in [5.74, 6) is -1.46. The highest BCUT2D eigenvalue weighted by molar-refractivity contribution is 6.35. The average Bonchev–Trinajstić information content (AvgIpc) is 2.37. The van der Waals surface area contributed by atoms with Gasteiger partial charge in [0.2, 0.25) is 5.91 Å². The van der Waals surface area contributed by atoms with Gasteiger partial charge in [-0.2, -0.15) is 0 Å². The molecule has 6 nitrogen and oxygen atoms in total. The first-order valence-corrected chi connectivity index (χ1v) is 7.08. The van der Waals surface area contributed by atoms with E-state index in [4.69, 9.17) is 5.73 Å². The minimum atomic E-state index is -0.482. The third-order valence-electron chi connectivity index (χ3n) is 3.74. The van der Waals surface area contributed by atoms with Gasteiger partial charge in [-0.25, -0.2) is 0 Å². The molecule has 0 atom stereocenters. The van der Waals surface area contributed by atoms with E-state index in [0.29, 0.717) is 32.5 Å². The summed E-state index contributed by atoms with van der Waals surface area (Å²) in [6.07, 6.45) is 1.08. The lowest BCUT2D eigenvalue weighted by molar-refractivity contribution is -0.155. The Morgan fingerprint density at radius 1 is 1.20 bits per heavy atom. The van der Waals surface area contributed by atoms with Crippen LogP contribution in [0.4, 0.5) is 0 Å². The van der Waals surface area contributed by atoms with Gasteiger partial charge in [0.15, 0.2) is 0 Å². The molecule has 0 aliphatic carbocycles. The highest BCUT2D eigenvalue weighted by atomic mass is 16.2. The van der Waals surface area contributed by atoms with Gasteiger partial charge in [0.25, 0.3) is 0 Å². The number of rotatable bonds is 2. The molecule has 1 heterocycles. The third-order valence-corrected chi connectivity index (χ3v) is 3.74. The van der Waals surface area contributed by atoms with Crippen LogP contribution in [0.2, 0.25) is 0 Å². The molecule has 1 saturated heterocycles. The van der Waals surface area contributed by atoms with Crippen molar-refractivity contribution in [3.63, 3.8) is 0 Å². The summed E-state index contributed by atoms with van der Waals surface area (Å²) in [5.41, 5.74) is 4.88. The summed E-state index contributed by atoms with van der Waals surface area (Å²) in [5, 5.41) is 0. The summed E-state index contributed by atoms with van der Waals surface area (Å²) < 4.78 is 0. The quantitative estimate of drug-likeness (QED) is 0.743. The Bertz CT molecular complexity index is 393. The van der Waals surface area contributed by atoms with Crippen molar-refractivity contribution in [3.05, 3.63) is 0 Å². The number of amides is 3. The molecule has 0 radical (unpaired) electrons. The summed E-state index contributed by atoms with van der Waals surface area (Å²) >= 11 is 0. The van der Waals surface area contributed by atoms with Crippen molar-refractivity contribution < 1.29 is 14.4 Å². The second-order valence-electron chi connectivity index (χ2n) is 6.19. The second-order valence-corrected chi connectivity index (χ2v) is 6.19. The van der Waals surface area contributed by atoms with E-state index in [-0.39, 0.29) is 17.4 Å². The molecule has 2 N–H and O–H groups in total. The van der Waals surface area contributed by atoms with Gasteiger partial charge in [-0.15, -0.1) is 0 Å². The molecule has 20 heavy (non-hydrogen) atoms. The normalized spacial score (nSPS) is 16.9. The number of nitrogens with zero attached hydrogens (tertiary/aromatic N) is 2. The number of hydrogen-bond donors (Lipinski definition) is 1. The fourth-order valence-electron chi connectivity index (χ4n) is 2.54. The monoisotopic (exact) mass is 283 g/mol. The van der Waals surface area contributed by atoms with Gasteiger partial charge in [-0.05, 0) is 40.5 Å². The number of carbonyl (C=O) groups excluding carboxylic acids is 3. The highest BCUT2D eigenvalue weighted by Crippen LogP contribution is 2.19. The lowest BCUT2D eigenvalue weighted by Gasteiger charge is -2.37. The smallest absolute Gasteiger partial charge is 0.312 e. The summed E-state index contributed by atoms with van der Waals surface area (Å²) in [6, 6.07) is 0. The van der Waals surface area contributed by atoms with E-state index in [9.17, 15) is 14.4 Å². The zero-order valence-corrected chi connectivity index (χ0v) is 12.8. The van der Waals surface area contributed by atoms with Crippen LogP contribution in [0.1, 0.15) is 40.5 Å². The van der Waals surface area contributed by atoms with Crippen LogP contribution in [0.15, 0.2) is 0 Å². The van der Waals surface area contributed by atoms with Crippen LogP contribution in [0.5, 0.6) is 0 Å². The Morgan fingerprint density at radius 3 is 2.05 bits per heavy atom. The minimum Gasteiger partial charge on any atom is -0.369 e. The Labute approximate surface area is 120 Å². The predicted octanol–water partition coefficient (Wildman–Crippen LogP) is 0.357. The molecule has 0 saturated carbocycles. The first-order chi connectivity index (χ1) is 9.18. The van der Waals surface area contributed by atoms with Crippen LogP contribution in [0, 0.1) is 5.92 Å². The van der Waals surface area contributed by atoms with Crippen LogP contribution >= 0.6 is 0 Å². The largest absolute Gasteiger partial charge is 0.369 e. The van der Waals surface area contributed by atoms with Gasteiger partial charge in [0.1, 0.15) is 0 Å². The van der Waals surface area contributed by atoms with E-state index in [2.05, 4.69) is 0 Å². The topological polar surface area (TPSA) is 83.7 Å². The number of primary amides is 1. The molecule has 0 aromatic rings. The van der Waals surface area contributed by atoms with E-state index >= 15 is 0 Å². The SMILES string of the molecule is CCN(C(=O)C(=O)N1CCC(C(N)=O)CC1)C(C)(C)C. The highest BCUT2D eigenvalue weighted by Gasteiger charge is 2.34. The second kappa shape index (κ2) is 6.24. The number of nitrogens with two attached hydrogens (primary N) is 1. The number of piperidine rings is 1. The molecule has 0 bridgehead atoms. The molecule has 0 aromatic carbocycles. The van der Waals surface area contributed by atoms with Crippen molar-refractivity contribution in [2.24, 2.45) is 11.7 Å². The maximum Gasteiger partial charge on any atom is 0.312 e. The Morgan fingerprint density at radius 2 is 1.70 bits per heavy atom. The van der Waals surface area contributed by atoms with E-state index in [1.807, 2.05) is 27.7 Å². The first kappa shape index (κ1) is 16.5. The van der Waals surface area contributed by atoms with Gasteiger partial charge < -0.3 is 15.5 Å². The maximum atomic E-state index is 12.3. The van der Waals surface area contributed by atoms with E-state index in [1.165, 1.54) is 4.90 Å². The number of likely N-dealkylation sites (tertiary alicyclic amines) is 1. The van der Waals surface area contributed by atoms with E-state index in [0.717, 1.165) is 0 Å². The standard InChI is InChI=1S/C14H25N3O3/c1-5-17(14(2,3)4)13(20)12(19)16-8-6-10(7-9-16)11(15)18/h10H,5-9H2,1-4H3,(H2,15,18). The molecule has 114 valence electrons. The van der Waals surface area contributed by atoms with Gasteiger partial charge in [-0.3, -0.25) is 14.4 Å². The van der Waals surface area contributed by atoms with Gasteiger partial charge in [0.05, 0.1) is 0 Å². The van der Waals surface area contributed by atoms with E-state index in [1.54, 1.807) is 4.90 Å². The van der Waals surface area contributed by atoms with Crippen molar-refractivity contribution in [1.29, 1.82) is 0 Å². The number of likely N-dealkylation sites (N-methyl/N-ethyl adjacent to an activating group) is 1. The van der Waals surface area contributed by atoms with Crippen LogP contribution in [0.3, 0.4) is 0 Å². The van der Waals surface area contributed by atoms with Gasteiger partial charge in [-0.1, -0.05) is 0 Å². The van der Waals surface area contributed by atoms with Crippen molar-refractivity contribution in [3.8, 4) is 0 Å². The zero-order valence-electron chi connectivity index (χ0n) is 12.8. The molecular weight excluding hydrogens is 258 g/mol. The molecule has 1 rings (SSSR count). The lowest BCUT2D eigenvalue weighted by atomic mass is 9.96. The van der Waals surface area contributed by atoms with Crippen LogP contribution < -0.4 is 5.73 Å². The van der Waals surface area contributed by atoms with E-state index < -0.39 is 11.8 Å². The van der Waals surface area contributed by atoms with Crippen molar-refractivity contribution >= 4 is 17.7 Å². The fraction of sp³-hybridized carbons (Fsp3) is 0.786. The summed E-state index contributed by atoms with van der Waals surface area (Å²) in [7, 11) is 0. The molecular formula is C14H25N3O3. The third kappa shape index (κ3) is 3.71. The molecule has 0 aromatic heterocycles. The predicted molar refractivity (Wildman–Crippen MR) is 75.6 cm³/mol. The maximum absolute atomic E-state index is 12.3. The number of carbonyl (C=O) groups is 3. The minimum absolute atomic E-state index is 0.181. The summed E-state index contributed by atoms with van der Waals surface area (Å²) in [4.78, 5) is 38.7. The average molecular weight is 283 g/mol. The summed E-state index contributed by atoms with van der Waals surface area (Å²) in [6.45, 7) is 8.89. The molecule has 6 heteroatoms. The van der Waals surface area contributed by atoms with Crippen molar-refractivity contribution in [2.45, 2.75) is 46.1 Å². The van der Waals surface area contributed by atoms with Crippen molar-refractivity contribution in [1.82, 2.24) is 9.80 Å². The molecule has 0 spiro atoms. The molecule has 1 aliphatic heterocycles. The van der Waals surface area contributed by atoms with Crippen molar-refractivity contribution in [2.75, 3.05) is 19.6 Å². The first-order valence-electron chi connectivity index (χ1n) is 7.08. The zero-order chi connectivity index (χ0) is 15.5. The molecule has 0 unspecified atom stereocenters. The Hall–Kier alpha value is -1.59. The fourth-order valence-corrected chi connectivity index (χ4v) is 2.54. The van der Waals surface area contributed by atoms with Crippen LogP contribution in [-0.4, -0.2) is 52.7 Å². The Kier molecular flexibility index (Phi) is 5.14. The van der Waals surface area contributed by atoms with Crippen LogP contribution in [-0.2, 0) is 14.4 Å². The molecule has 1 aliphatic rings. The van der Waals surface area contributed by atoms with Gasteiger partial charge >= 0.3 is 11.8 Å². The molecule has 3 amide bonds. The number of hydrogen-bond acceptors (Lipinski definition) is 3.